The number of benzene rings is 5. The molecule has 0 fully saturated rings. The minimum Gasteiger partial charge on any atom is -0.270 e. The first-order valence-electron chi connectivity index (χ1n) is 10.00. The number of carbonyl (C=O) groups excluding carboxylic acids is 2. The Hall–Kier alpha value is -3.98. The average molecular weight is 387 g/mol. The monoisotopic (exact) mass is 387 g/mol. The second-order valence-electron chi connectivity index (χ2n) is 7.71. The van der Waals surface area contributed by atoms with E-state index in [1.807, 2.05) is 24.3 Å². The highest BCUT2D eigenvalue weighted by Gasteiger charge is 2.35. The molecule has 1 aliphatic heterocycles. The molecule has 0 radical (unpaired) electrons. The Morgan fingerprint density at radius 1 is 0.533 bits per heavy atom. The molecule has 5 aromatic rings. The molecule has 0 N–H and O–H groups in total. The van der Waals surface area contributed by atoms with Gasteiger partial charge in [-0.15, -0.1) is 0 Å². The summed E-state index contributed by atoms with van der Waals surface area (Å²) in [4.78, 5) is 27.2. The summed E-state index contributed by atoms with van der Waals surface area (Å²) in [5.41, 5.74) is 1.94. The zero-order chi connectivity index (χ0) is 20.2. The summed E-state index contributed by atoms with van der Waals surface area (Å²) in [6, 6.07) is 30.0. The van der Waals surface area contributed by atoms with Gasteiger partial charge < -0.3 is 0 Å². The van der Waals surface area contributed by atoms with Gasteiger partial charge in [-0.3, -0.25) is 14.5 Å². The van der Waals surface area contributed by atoms with E-state index in [1.54, 1.807) is 24.3 Å². The van der Waals surface area contributed by atoms with Crippen molar-refractivity contribution in [3.8, 4) is 0 Å². The number of hydrogen-bond donors (Lipinski definition) is 0. The maximum Gasteiger partial charge on any atom is 0.261 e. The quantitative estimate of drug-likeness (QED) is 0.278. The third kappa shape index (κ3) is 2.32. The lowest BCUT2D eigenvalue weighted by Crippen LogP contribution is -2.29. The molecule has 3 nitrogen and oxygen atoms in total. The van der Waals surface area contributed by atoms with Crippen LogP contribution < -0.4 is 0 Å². The predicted molar refractivity (Wildman–Crippen MR) is 120 cm³/mol. The zero-order valence-corrected chi connectivity index (χ0v) is 16.1. The number of rotatable bonds is 2. The van der Waals surface area contributed by atoms with E-state index >= 15 is 0 Å². The molecule has 1 heterocycles. The van der Waals surface area contributed by atoms with Gasteiger partial charge in [-0.2, -0.15) is 0 Å². The molecule has 5 aromatic carbocycles. The molecule has 142 valence electrons. The fourth-order valence-electron chi connectivity index (χ4n) is 4.62. The summed E-state index contributed by atoms with van der Waals surface area (Å²) in [6.07, 6.45) is 0. The number of nitrogens with zero attached hydrogens (tertiary/aromatic N) is 1. The molecular weight excluding hydrogens is 370 g/mol. The highest BCUT2D eigenvalue weighted by Crippen LogP contribution is 2.35. The third-order valence-electron chi connectivity index (χ3n) is 6.06. The van der Waals surface area contributed by atoms with Gasteiger partial charge in [0, 0.05) is 0 Å². The molecule has 3 heteroatoms. The SMILES string of the molecule is O=C1c2ccccc2C(=O)N1Cc1cc2c3ccccc3ccc2c2ccccc12. The van der Waals surface area contributed by atoms with Gasteiger partial charge in [0.15, 0.2) is 0 Å². The van der Waals surface area contributed by atoms with Gasteiger partial charge in [-0.05, 0) is 56.1 Å². The lowest BCUT2D eigenvalue weighted by molar-refractivity contribution is 0.0643. The van der Waals surface area contributed by atoms with Crippen LogP contribution in [0.3, 0.4) is 0 Å². The van der Waals surface area contributed by atoms with Crippen LogP contribution in [0.1, 0.15) is 26.3 Å². The van der Waals surface area contributed by atoms with Crippen LogP contribution in [0.15, 0.2) is 91.0 Å². The van der Waals surface area contributed by atoms with Gasteiger partial charge in [-0.25, -0.2) is 0 Å². The van der Waals surface area contributed by atoms with E-state index in [4.69, 9.17) is 0 Å². The maximum absolute atomic E-state index is 12.9. The molecule has 2 amide bonds. The topological polar surface area (TPSA) is 37.4 Å². The lowest BCUT2D eigenvalue weighted by Gasteiger charge is -2.17. The average Bonchev–Trinajstić information content (AvgIpc) is 3.04. The predicted octanol–water partition coefficient (Wildman–Crippen LogP) is 5.94. The van der Waals surface area contributed by atoms with Gasteiger partial charge >= 0.3 is 0 Å². The number of carbonyl (C=O) groups is 2. The van der Waals surface area contributed by atoms with Crippen LogP contribution in [-0.2, 0) is 6.54 Å². The Morgan fingerprint density at radius 2 is 1.10 bits per heavy atom. The molecule has 1 aliphatic rings. The highest BCUT2D eigenvalue weighted by molar-refractivity contribution is 6.22. The minimum atomic E-state index is -0.224. The van der Waals surface area contributed by atoms with E-state index in [0.717, 1.165) is 21.7 Å². The van der Waals surface area contributed by atoms with Crippen LogP contribution in [0.2, 0.25) is 0 Å². The van der Waals surface area contributed by atoms with Gasteiger partial charge in [0.1, 0.15) is 0 Å². The lowest BCUT2D eigenvalue weighted by atomic mass is 9.93. The first-order valence-corrected chi connectivity index (χ1v) is 10.00. The number of fused-ring (bicyclic) bond motifs is 6. The number of imide groups is 1. The highest BCUT2D eigenvalue weighted by atomic mass is 16.2. The van der Waals surface area contributed by atoms with E-state index in [1.165, 1.54) is 21.1 Å². The Balaban J connectivity index is 1.58. The minimum absolute atomic E-state index is 0.224. The summed E-state index contributed by atoms with van der Waals surface area (Å²) >= 11 is 0. The van der Waals surface area contributed by atoms with E-state index in [9.17, 15) is 9.59 Å². The summed E-state index contributed by atoms with van der Waals surface area (Å²) in [5, 5.41) is 6.86. The van der Waals surface area contributed by atoms with Crippen molar-refractivity contribution in [3.63, 3.8) is 0 Å². The molecule has 0 aliphatic carbocycles. The number of hydrogen-bond acceptors (Lipinski definition) is 2. The van der Waals surface area contributed by atoms with Gasteiger partial charge in [0.25, 0.3) is 11.8 Å². The molecule has 0 spiro atoms. The maximum atomic E-state index is 12.9. The van der Waals surface area contributed by atoms with Crippen LogP contribution in [0, 0.1) is 0 Å². The van der Waals surface area contributed by atoms with Crippen molar-refractivity contribution in [2.24, 2.45) is 0 Å². The molecule has 0 unspecified atom stereocenters. The molecule has 0 aromatic heterocycles. The van der Waals surface area contributed by atoms with Gasteiger partial charge in [-0.1, -0.05) is 72.8 Å². The number of amides is 2. The van der Waals surface area contributed by atoms with Crippen LogP contribution in [0.25, 0.3) is 32.3 Å². The largest absolute Gasteiger partial charge is 0.270 e. The fourth-order valence-corrected chi connectivity index (χ4v) is 4.62. The molecular formula is C27H17NO2. The summed E-state index contributed by atoms with van der Waals surface area (Å²) in [7, 11) is 0. The van der Waals surface area contributed by atoms with Crippen molar-refractivity contribution < 1.29 is 9.59 Å². The zero-order valence-electron chi connectivity index (χ0n) is 16.1. The van der Waals surface area contributed by atoms with Gasteiger partial charge in [0.2, 0.25) is 0 Å². The second kappa shape index (κ2) is 6.26. The van der Waals surface area contributed by atoms with Crippen molar-refractivity contribution in [2.75, 3.05) is 0 Å². The molecule has 0 bridgehead atoms. The van der Waals surface area contributed by atoms with E-state index in [2.05, 4.69) is 42.5 Å². The molecule has 0 atom stereocenters. The fraction of sp³-hybridized carbons (Fsp3) is 0.0370. The van der Waals surface area contributed by atoms with Crippen LogP contribution in [0.4, 0.5) is 0 Å². The summed E-state index contributed by atoms with van der Waals surface area (Å²) < 4.78 is 0. The standard InChI is InChI=1S/C27H17NO2/c29-26-23-11-5-6-12-24(23)27(30)28(26)16-18-15-25-19-8-2-1-7-17(19)13-14-22(25)21-10-4-3-9-20(18)21/h1-15H,16H2. The van der Waals surface area contributed by atoms with Crippen LogP contribution in [0.5, 0.6) is 0 Å². The van der Waals surface area contributed by atoms with E-state index < -0.39 is 0 Å². The summed E-state index contributed by atoms with van der Waals surface area (Å²) in [6.45, 7) is 0.256. The Labute approximate surface area is 173 Å². The first-order chi connectivity index (χ1) is 14.7. The van der Waals surface area contributed by atoms with Crippen molar-refractivity contribution in [3.05, 3.63) is 108 Å². The molecule has 30 heavy (non-hydrogen) atoms. The van der Waals surface area contributed by atoms with Crippen molar-refractivity contribution >= 4 is 44.1 Å². The van der Waals surface area contributed by atoms with E-state index in [0.29, 0.717) is 11.1 Å². The first kappa shape index (κ1) is 16.9. The van der Waals surface area contributed by atoms with Crippen molar-refractivity contribution in [1.29, 1.82) is 0 Å². The second-order valence-corrected chi connectivity index (χ2v) is 7.71. The third-order valence-corrected chi connectivity index (χ3v) is 6.06. The molecule has 6 rings (SSSR count). The van der Waals surface area contributed by atoms with Crippen LogP contribution >= 0.6 is 0 Å². The molecule has 0 saturated carbocycles. The normalized spacial score (nSPS) is 13.5. The summed E-state index contributed by atoms with van der Waals surface area (Å²) in [5.74, 6) is -0.449. The Kier molecular flexibility index (Phi) is 3.53. The Morgan fingerprint density at radius 3 is 1.83 bits per heavy atom. The van der Waals surface area contributed by atoms with Gasteiger partial charge in [0.05, 0.1) is 17.7 Å². The smallest absolute Gasteiger partial charge is 0.261 e. The van der Waals surface area contributed by atoms with Crippen LogP contribution in [-0.4, -0.2) is 16.7 Å². The van der Waals surface area contributed by atoms with Crippen molar-refractivity contribution in [2.45, 2.75) is 6.54 Å². The van der Waals surface area contributed by atoms with Crippen molar-refractivity contribution in [1.82, 2.24) is 4.90 Å². The molecule has 0 saturated heterocycles. The Bertz CT molecular complexity index is 1480. The van der Waals surface area contributed by atoms with E-state index in [-0.39, 0.29) is 18.4 Å².